The van der Waals surface area contributed by atoms with E-state index in [2.05, 4.69) is 24.2 Å². The highest BCUT2D eigenvalue weighted by molar-refractivity contribution is 7.14. The Morgan fingerprint density at radius 1 is 1.38 bits per heavy atom. The van der Waals surface area contributed by atoms with Crippen LogP contribution in [-0.2, 0) is 0 Å². The van der Waals surface area contributed by atoms with Crippen LogP contribution in [0.3, 0.4) is 0 Å². The van der Waals surface area contributed by atoms with E-state index >= 15 is 0 Å². The zero-order valence-electron chi connectivity index (χ0n) is 15.4. The number of rotatable bonds is 9. The smallest absolute Gasteiger partial charge is 0.254 e. The van der Waals surface area contributed by atoms with Gasteiger partial charge in [0.25, 0.3) is 5.91 Å². The van der Waals surface area contributed by atoms with E-state index in [4.69, 9.17) is 16.3 Å². The van der Waals surface area contributed by atoms with E-state index in [-0.39, 0.29) is 5.91 Å². The molecule has 1 aromatic carbocycles. The summed E-state index contributed by atoms with van der Waals surface area (Å²) in [6.45, 7) is 7.64. The molecule has 1 heterocycles. The fraction of sp³-hybridized carbons (Fsp3) is 0.400. The Morgan fingerprint density at radius 3 is 2.92 bits per heavy atom. The van der Waals surface area contributed by atoms with Crippen LogP contribution in [-0.4, -0.2) is 25.3 Å². The van der Waals surface area contributed by atoms with E-state index in [1.807, 2.05) is 24.4 Å². The number of benzene rings is 1. The quantitative estimate of drug-likeness (QED) is 0.555. The molecule has 26 heavy (non-hydrogen) atoms. The molecule has 0 saturated heterocycles. The molecule has 6 heteroatoms. The number of nitrogens with zero attached hydrogens (tertiary/aromatic N) is 1. The molecule has 0 spiro atoms. The van der Waals surface area contributed by atoms with Gasteiger partial charge in [-0.2, -0.15) is 0 Å². The molecular formula is C20H25ClN2O2S. The molecule has 0 saturated carbocycles. The minimum Gasteiger partial charge on any atom is -0.493 e. The average Bonchev–Trinajstić information content (AvgIpc) is 3.07. The van der Waals surface area contributed by atoms with Crippen LogP contribution in [0.25, 0.3) is 0 Å². The fourth-order valence-corrected chi connectivity index (χ4v) is 3.11. The number of hydrogen-bond donors (Lipinski definition) is 1. The summed E-state index contributed by atoms with van der Waals surface area (Å²) in [5.41, 5.74) is 1.39. The van der Waals surface area contributed by atoms with Crippen molar-refractivity contribution >= 4 is 40.1 Å². The van der Waals surface area contributed by atoms with Crippen LogP contribution < -0.4 is 10.1 Å². The Morgan fingerprint density at radius 2 is 2.19 bits per heavy atom. The predicted octanol–water partition coefficient (Wildman–Crippen LogP) is 5.72. The number of amides is 1. The topological polar surface area (TPSA) is 50.7 Å². The zero-order chi connectivity index (χ0) is 18.9. The first kappa shape index (κ1) is 20.5. The first-order valence-corrected chi connectivity index (χ1v) is 10.1. The summed E-state index contributed by atoms with van der Waals surface area (Å²) < 4.78 is 5.88. The predicted molar refractivity (Wildman–Crippen MR) is 111 cm³/mol. The molecule has 0 atom stereocenters. The number of ether oxygens (including phenoxy) is 1. The number of carbonyl (C=O) groups excluding carboxylic acids is 1. The molecule has 2 aromatic rings. The largest absolute Gasteiger partial charge is 0.493 e. The lowest BCUT2D eigenvalue weighted by Gasteiger charge is -2.10. The van der Waals surface area contributed by atoms with E-state index in [1.54, 1.807) is 18.3 Å². The molecule has 0 bridgehead atoms. The van der Waals surface area contributed by atoms with Crippen LogP contribution in [0.5, 0.6) is 5.75 Å². The van der Waals surface area contributed by atoms with Gasteiger partial charge in [0.1, 0.15) is 10.8 Å². The molecule has 0 aliphatic heterocycles. The summed E-state index contributed by atoms with van der Waals surface area (Å²) in [6.07, 6.45) is 3.58. The van der Waals surface area contributed by atoms with Gasteiger partial charge in [0.05, 0.1) is 12.2 Å². The fourth-order valence-electron chi connectivity index (χ4n) is 2.19. The van der Waals surface area contributed by atoms with Gasteiger partial charge in [-0.05, 0) is 48.4 Å². The number of carbonyl (C=O) groups is 1. The lowest BCUT2D eigenvalue weighted by atomic mass is 10.1. The van der Waals surface area contributed by atoms with Crippen molar-refractivity contribution in [2.45, 2.75) is 33.6 Å². The maximum Gasteiger partial charge on any atom is 0.254 e. The Hall–Kier alpha value is -1.85. The molecule has 1 amide bonds. The molecule has 2 rings (SSSR count). The first-order valence-electron chi connectivity index (χ1n) is 8.83. The van der Waals surface area contributed by atoms with Crippen LogP contribution >= 0.6 is 22.9 Å². The summed E-state index contributed by atoms with van der Waals surface area (Å²) in [7, 11) is 0. The van der Waals surface area contributed by atoms with Crippen molar-refractivity contribution in [3.63, 3.8) is 0 Å². The summed E-state index contributed by atoms with van der Waals surface area (Å²) >= 11 is 7.55. The highest BCUT2D eigenvalue weighted by Crippen LogP contribution is 2.28. The summed E-state index contributed by atoms with van der Waals surface area (Å²) in [5, 5.41) is 6.04. The molecule has 1 aromatic heterocycles. The van der Waals surface area contributed by atoms with E-state index in [1.165, 1.54) is 11.3 Å². The molecule has 0 aliphatic carbocycles. The highest BCUT2D eigenvalue weighted by Gasteiger charge is 2.12. The molecule has 0 radical (unpaired) electrons. The number of thiophene rings is 1. The normalized spacial score (nSPS) is 11.3. The second-order valence-corrected chi connectivity index (χ2v) is 7.70. The third-order valence-electron chi connectivity index (χ3n) is 3.67. The van der Waals surface area contributed by atoms with Gasteiger partial charge in [0, 0.05) is 23.3 Å². The van der Waals surface area contributed by atoms with Crippen LogP contribution in [0.1, 0.15) is 49.5 Å². The Labute approximate surface area is 164 Å². The van der Waals surface area contributed by atoms with Crippen molar-refractivity contribution in [1.82, 2.24) is 5.32 Å². The van der Waals surface area contributed by atoms with Gasteiger partial charge in [-0.25, -0.2) is 4.99 Å². The molecule has 140 valence electrons. The zero-order valence-corrected chi connectivity index (χ0v) is 17.0. The van der Waals surface area contributed by atoms with Gasteiger partial charge >= 0.3 is 0 Å². The summed E-state index contributed by atoms with van der Waals surface area (Å²) in [5.74, 6) is 1.22. The van der Waals surface area contributed by atoms with Crippen LogP contribution in [0.4, 0.5) is 5.00 Å². The van der Waals surface area contributed by atoms with Crippen LogP contribution in [0.2, 0.25) is 5.02 Å². The first-order chi connectivity index (χ1) is 12.5. The van der Waals surface area contributed by atoms with Crippen molar-refractivity contribution in [1.29, 1.82) is 0 Å². The van der Waals surface area contributed by atoms with Gasteiger partial charge in [0.2, 0.25) is 0 Å². The Balaban J connectivity index is 2.16. The van der Waals surface area contributed by atoms with Crippen molar-refractivity contribution in [2.75, 3.05) is 13.2 Å². The number of aliphatic imine (C=N–C) groups is 1. The van der Waals surface area contributed by atoms with Gasteiger partial charge < -0.3 is 10.1 Å². The van der Waals surface area contributed by atoms with E-state index < -0.39 is 0 Å². The van der Waals surface area contributed by atoms with Crippen molar-refractivity contribution in [3.05, 3.63) is 45.8 Å². The van der Waals surface area contributed by atoms with E-state index in [9.17, 15) is 4.79 Å². The van der Waals surface area contributed by atoms with E-state index in [0.29, 0.717) is 34.7 Å². The molecule has 0 fully saturated rings. The summed E-state index contributed by atoms with van der Waals surface area (Å²) in [6, 6.07) is 7.27. The van der Waals surface area contributed by atoms with Crippen LogP contribution in [0.15, 0.2) is 34.6 Å². The maximum absolute atomic E-state index is 12.2. The van der Waals surface area contributed by atoms with Crippen LogP contribution in [0, 0.1) is 5.92 Å². The molecule has 0 unspecified atom stereocenters. The third-order valence-corrected chi connectivity index (χ3v) is 4.73. The van der Waals surface area contributed by atoms with Gasteiger partial charge in [0.15, 0.2) is 0 Å². The average molecular weight is 393 g/mol. The highest BCUT2D eigenvalue weighted by atomic mass is 35.5. The molecule has 1 N–H and O–H groups in total. The van der Waals surface area contributed by atoms with Crippen molar-refractivity contribution in [2.24, 2.45) is 10.9 Å². The molecular weight excluding hydrogens is 368 g/mol. The SMILES string of the molecule is CCCNC(=O)c1ccsc1/N=C/c1cc(Cl)ccc1OCCC(C)C. The standard InChI is InChI=1S/C20H25ClN2O2S/c1-4-9-22-19(24)17-8-11-26-20(17)23-13-15-12-16(21)5-6-18(15)25-10-7-14(2)3/h5-6,8,11-14H,4,7,9-10H2,1-3H3,(H,22,24)/b23-13+. The number of nitrogens with one attached hydrogen (secondary N) is 1. The Bertz CT molecular complexity index is 756. The summed E-state index contributed by atoms with van der Waals surface area (Å²) in [4.78, 5) is 16.7. The lowest BCUT2D eigenvalue weighted by molar-refractivity contribution is 0.0955. The second-order valence-electron chi connectivity index (χ2n) is 6.37. The minimum absolute atomic E-state index is 0.0975. The molecule has 0 aliphatic rings. The van der Waals surface area contributed by atoms with Gasteiger partial charge in [-0.3, -0.25) is 4.79 Å². The monoisotopic (exact) mass is 392 g/mol. The Kier molecular flexibility index (Phi) is 8.13. The minimum atomic E-state index is -0.0975. The van der Waals surface area contributed by atoms with Crippen molar-refractivity contribution < 1.29 is 9.53 Å². The van der Waals surface area contributed by atoms with Gasteiger partial charge in [-0.15, -0.1) is 11.3 Å². The second kappa shape index (κ2) is 10.3. The molecule has 4 nitrogen and oxygen atoms in total. The van der Waals surface area contributed by atoms with E-state index in [0.717, 1.165) is 24.2 Å². The number of halogens is 1. The van der Waals surface area contributed by atoms with Crippen molar-refractivity contribution in [3.8, 4) is 5.75 Å². The number of hydrogen-bond acceptors (Lipinski definition) is 4. The maximum atomic E-state index is 12.2. The van der Waals surface area contributed by atoms with Gasteiger partial charge in [-0.1, -0.05) is 32.4 Å². The third kappa shape index (κ3) is 6.15. The lowest BCUT2D eigenvalue weighted by Crippen LogP contribution is -2.23.